The van der Waals surface area contributed by atoms with Gasteiger partial charge in [0.05, 0.1) is 18.0 Å². The van der Waals surface area contributed by atoms with Gasteiger partial charge in [-0.3, -0.25) is 0 Å². The van der Waals surface area contributed by atoms with Crippen LogP contribution >= 0.6 is 0 Å². The number of rotatable bonds is 2. The molecule has 104 valence electrons. The Morgan fingerprint density at radius 1 is 1.63 bits per heavy atom. The van der Waals surface area contributed by atoms with Crippen LogP contribution < -0.4 is 5.73 Å². The van der Waals surface area contributed by atoms with E-state index < -0.39 is 30.6 Å². The normalized spacial score (nSPS) is 37.5. The van der Waals surface area contributed by atoms with E-state index in [1.165, 1.54) is 6.92 Å². The first-order chi connectivity index (χ1) is 8.98. The zero-order chi connectivity index (χ0) is 13.8. The Labute approximate surface area is 109 Å². The highest BCUT2D eigenvalue weighted by Crippen LogP contribution is 2.42. The Hall–Kier alpha value is -1.44. The molecule has 0 bridgehead atoms. The summed E-state index contributed by atoms with van der Waals surface area (Å²) in [7, 11) is 0. The number of aliphatic imine (C=N–C) groups is 1. The SMILES string of the molecule is CC1(CO)O[C@@H](c2ccc3n2CN=C3N)[C@H](F)[C@@H]1O. The van der Waals surface area contributed by atoms with E-state index in [1.807, 2.05) is 0 Å². The molecule has 4 N–H and O–H groups in total. The predicted molar refractivity (Wildman–Crippen MR) is 65.4 cm³/mol. The van der Waals surface area contributed by atoms with Crippen LogP contribution in [0, 0.1) is 0 Å². The van der Waals surface area contributed by atoms with Crippen molar-refractivity contribution >= 4 is 5.84 Å². The van der Waals surface area contributed by atoms with Gasteiger partial charge in [-0.2, -0.15) is 0 Å². The Morgan fingerprint density at radius 3 is 3.00 bits per heavy atom. The molecular formula is C12H16FN3O3. The van der Waals surface area contributed by atoms with E-state index in [4.69, 9.17) is 10.5 Å². The average molecular weight is 269 g/mol. The molecule has 3 heterocycles. The zero-order valence-electron chi connectivity index (χ0n) is 10.5. The summed E-state index contributed by atoms with van der Waals surface area (Å²) < 4.78 is 21.5. The van der Waals surface area contributed by atoms with Gasteiger partial charge in [0.2, 0.25) is 0 Å². The number of aliphatic hydroxyl groups excluding tert-OH is 2. The number of nitrogens with zero attached hydrogens (tertiary/aromatic N) is 2. The van der Waals surface area contributed by atoms with Gasteiger partial charge in [-0.05, 0) is 19.1 Å². The highest BCUT2D eigenvalue weighted by molar-refractivity contribution is 5.97. The van der Waals surface area contributed by atoms with Crippen LogP contribution in [-0.2, 0) is 11.4 Å². The molecule has 2 aliphatic rings. The number of amidine groups is 1. The van der Waals surface area contributed by atoms with Gasteiger partial charge in [0.15, 0.2) is 6.17 Å². The molecule has 6 nitrogen and oxygen atoms in total. The third-order valence-electron chi connectivity index (χ3n) is 3.88. The molecule has 0 saturated carbocycles. The maximum absolute atomic E-state index is 14.2. The first-order valence-electron chi connectivity index (χ1n) is 6.08. The van der Waals surface area contributed by atoms with Gasteiger partial charge < -0.3 is 25.3 Å². The predicted octanol–water partition coefficient (Wildman–Crippen LogP) is -0.314. The molecule has 0 radical (unpaired) electrons. The molecule has 1 fully saturated rings. The Morgan fingerprint density at radius 2 is 2.37 bits per heavy atom. The van der Waals surface area contributed by atoms with Gasteiger partial charge in [-0.1, -0.05) is 0 Å². The van der Waals surface area contributed by atoms with E-state index in [0.717, 1.165) is 5.69 Å². The van der Waals surface area contributed by atoms with Crippen molar-refractivity contribution < 1.29 is 19.3 Å². The molecule has 0 amide bonds. The van der Waals surface area contributed by atoms with Gasteiger partial charge in [0, 0.05) is 0 Å². The summed E-state index contributed by atoms with van der Waals surface area (Å²) in [4.78, 5) is 4.06. The molecule has 2 aliphatic heterocycles. The molecule has 0 aliphatic carbocycles. The van der Waals surface area contributed by atoms with E-state index >= 15 is 0 Å². The van der Waals surface area contributed by atoms with Crippen molar-refractivity contribution in [1.29, 1.82) is 0 Å². The Bertz CT molecular complexity index is 544. The lowest BCUT2D eigenvalue weighted by Crippen LogP contribution is -2.42. The van der Waals surface area contributed by atoms with Crippen LogP contribution in [0.15, 0.2) is 17.1 Å². The van der Waals surface area contributed by atoms with Gasteiger partial charge in [-0.25, -0.2) is 9.38 Å². The molecular weight excluding hydrogens is 253 g/mol. The Balaban J connectivity index is 1.95. The van der Waals surface area contributed by atoms with Crippen LogP contribution in [0.25, 0.3) is 0 Å². The lowest BCUT2D eigenvalue weighted by Gasteiger charge is -2.24. The van der Waals surface area contributed by atoms with Gasteiger partial charge in [-0.15, -0.1) is 0 Å². The number of halogens is 1. The molecule has 0 spiro atoms. The molecule has 4 atom stereocenters. The molecule has 7 heteroatoms. The summed E-state index contributed by atoms with van der Waals surface area (Å²) in [5.74, 6) is 0.408. The quantitative estimate of drug-likeness (QED) is 0.686. The van der Waals surface area contributed by atoms with Crippen molar-refractivity contribution in [3.63, 3.8) is 0 Å². The summed E-state index contributed by atoms with van der Waals surface area (Å²) in [5, 5.41) is 19.1. The summed E-state index contributed by atoms with van der Waals surface area (Å²) in [6.45, 7) is 1.36. The van der Waals surface area contributed by atoms with Gasteiger partial charge in [0.1, 0.15) is 30.3 Å². The topological polar surface area (TPSA) is 93.0 Å². The van der Waals surface area contributed by atoms with Crippen molar-refractivity contribution in [2.45, 2.75) is 37.6 Å². The maximum atomic E-state index is 14.2. The average Bonchev–Trinajstić information content (AvgIpc) is 3.02. The second kappa shape index (κ2) is 4.03. The number of ether oxygens (including phenoxy) is 1. The van der Waals surface area contributed by atoms with E-state index in [-0.39, 0.29) is 0 Å². The van der Waals surface area contributed by atoms with Crippen molar-refractivity contribution in [1.82, 2.24) is 4.57 Å². The van der Waals surface area contributed by atoms with Crippen molar-refractivity contribution in [2.24, 2.45) is 10.7 Å². The lowest BCUT2D eigenvalue weighted by molar-refractivity contribution is -0.101. The first kappa shape index (κ1) is 12.6. The van der Waals surface area contributed by atoms with Crippen LogP contribution in [0.3, 0.4) is 0 Å². The standard InChI is InChI=1S/C12H16FN3O3/c1-12(4-17)10(18)8(13)9(19-12)6-2-3-7-11(14)15-5-16(6)7/h2-3,8-10,17-18H,4-5H2,1H3,(H2,14,15)/t8-,9-,10-,12?/m0/s1. The van der Waals surface area contributed by atoms with Crippen molar-refractivity contribution in [2.75, 3.05) is 6.61 Å². The monoisotopic (exact) mass is 269 g/mol. The van der Waals surface area contributed by atoms with Crippen LogP contribution in [0.1, 0.15) is 24.4 Å². The molecule has 1 unspecified atom stereocenters. The van der Waals surface area contributed by atoms with Gasteiger partial charge >= 0.3 is 0 Å². The highest BCUT2D eigenvalue weighted by Gasteiger charge is 2.53. The highest BCUT2D eigenvalue weighted by atomic mass is 19.1. The molecule has 1 saturated heterocycles. The van der Waals surface area contributed by atoms with Gasteiger partial charge in [0.25, 0.3) is 0 Å². The summed E-state index contributed by atoms with van der Waals surface area (Å²) >= 11 is 0. The summed E-state index contributed by atoms with van der Waals surface area (Å²) in [5.41, 5.74) is 5.71. The van der Waals surface area contributed by atoms with Crippen LogP contribution in [-0.4, -0.2) is 45.1 Å². The largest absolute Gasteiger partial charge is 0.393 e. The smallest absolute Gasteiger partial charge is 0.160 e. The number of nitrogens with two attached hydrogens (primary N) is 1. The number of aliphatic hydroxyl groups is 2. The number of fused-ring (bicyclic) bond motifs is 1. The van der Waals surface area contributed by atoms with E-state index in [0.29, 0.717) is 18.2 Å². The van der Waals surface area contributed by atoms with Crippen LogP contribution in [0.5, 0.6) is 0 Å². The lowest BCUT2D eigenvalue weighted by atomic mass is 9.98. The second-order valence-corrected chi connectivity index (χ2v) is 5.15. The molecule has 3 rings (SSSR count). The fraction of sp³-hybridized carbons (Fsp3) is 0.583. The number of alkyl halides is 1. The molecule has 1 aromatic heterocycles. The fourth-order valence-electron chi connectivity index (χ4n) is 2.62. The Kier molecular flexibility index (Phi) is 2.67. The van der Waals surface area contributed by atoms with Crippen molar-refractivity contribution in [3.05, 3.63) is 23.5 Å². The minimum Gasteiger partial charge on any atom is -0.393 e. The maximum Gasteiger partial charge on any atom is 0.160 e. The van der Waals surface area contributed by atoms with Crippen LogP contribution in [0.2, 0.25) is 0 Å². The molecule has 19 heavy (non-hydrogen) atoms. The number of hydrogen-bond donors (Lipinski definition) is 3. The van der Waals surface area contributed by atoms with E-state index in [1.54, 1.807) is 16.7 Å². The summed E-state index contributed by atoms with van der Waals surface area (Å²) in [6, 6.07) is 3.46. The zero-order valence-corrected chi connectivity index (χ0v) is 10.5. The minimum atomic E-state index is -1.60. The first-order valence-corrected chi connectivity index (χ1v) is 6.08. The third-order valence-corrected chi connectivity index (χ3v) is 3.88. The van der Waals surface area contributed by atoms with E-state index in [9.17, 15) is 14.6 Å². The minimum absolute atomic E-state index is 0.321. The second-order valence-electron chi connectivity index (χ2n) is 5.15. The van der Waals surface area contributed by atoms with Crippen LogP contribution in [0.4, 0.5) is 4.39 Å². The third kappa shape index (κ3) is 1.62. The van der Waals surface area contributed by atoms with Crippen molar-refractivity contribution in [3.8, 4) is 0 Å². The molecule has 1 aromatic rings. The fourth-order valence-corrected chi connectivity index (χ4v) is 2.62. The number of aromatic nitrogens is 1. The van der Waals surface area contributed by atoms with E-state index in [2.05, 4.69) is 4.99 Å². The molecule has 0 aromatic carbocycles. The number of hydrogen-bond acceptors (Lipinski definition) is 5. The summed E-state index contributed by atoms with van der Waals surface area (Å²) in [6.07, 6.45) is -3.90.